The smallest absolute Gasteiger partial charge is 0.299 e. The summed E-state index contributed by atoms with van der Waals surface area (Å²) in [5.41, 5.74) is -1.56. The van der Waals surface area contributed by atoms with Crippen LogP contribution in [0.1, 0.15) is 48.7 Å². The zero-order valence-corrected chi connectivity index (χ0v) is 16.8. The first-order valence-electron chi connectivity index (χ1n) is 10.2. The monoisotopic (exact) mass is 420 g/mol. The van der Waals surface area contributed by atoms with Crippen LogP contribution in [-0.2, 0) is 24.8 Å². The van der Waals surface area contributed by atoms with Gasteiger partial charge in [-0.05, 0) is 36.5 Å². The second-order valence-electron chi connectivity index (χ2n) is 7.88. The van der Waals surface area contributed by atoms with Gasteiger partial charge in [0.1, 0.15) is 17.1 Å². The Hall–Kier alpha value is -2.48. The van der Waals surface area contributed by atoms with Gasteiger partial charge in [0.05, 0.1) is 0 Å². The molecule has 1 aromatic carbocycles. The number of rotatable bonds is 5. The number of benzene rings is 1. The van der Waals surface area contributed by atoms with Crippen molar-refractivity contribution in [1.29, 1.82) is 0 Å². The molecule has 0 aliphatic carbocycles. The maximum absolute atomic E-state index is 15.3. The fraction of sp³-hybridized carbons (Fsp3) is 0.455. The van der Waals surface area contributed by atoms with Crippen molar-refractivity contribution < 1.29 is 17.6 Å². The van der Waals surface area contributed by atoms with Gasteiger partial charge in [0.25, 0.3) is 0 Å². The summed E-state index contributed by atoms with van der Waals surface area (Å²) in [7, 11) is 0. The Morgan fingerprint density at radius 1 is 1.03 bits per heavy atom. The molecule has 30 heavy (non-hydrogen) atoms. The molecule has 1 saturated heterocycles. The highest BCUT2D eigenvalue weighted by atomic mass is 19.4. The van der Waals surface area contributed by atoms with Crippen molar-refractivity contribution in [1.82, 2.24) is 19.5 Å². The van der Waals surface area contributed by atoms with Crippen LogP contribution < -0.4 is 0 Å². The number of likely N-dealkylation sites (tertiary alicyclic amines) is 1. The summed E-state index contributed by atoms with van der Waals surface area (Å²) in [6, 6.07) is 10.5. The van der Waals surface area contributed by atoms with Gasteiger partial charge in [-0.3, -0.25) is 9.30 Å². The van der Waals surface area contributed by atoms with Crippen LogP contribution in [0.4, 0.5) is 17.6 Å². The highest BCUT2D eigenvalue weighted by Gasteiger charge is 2.39. The maximum atomic E-state index is 15.3. The molecule has 0 bridgehead atoms. The van der Waals surface area contributed by atoms with E-state index < -0.39 is 17.4 Å². The maximum Gasteiger partial charge on any atom is 0.420 e. The van der Waals surface area contributed by atoms with Gasteiger partial charge in [0.15, 0.2) is 5.65 Å². The number of alkyl halides is 4. The van der Waals surface area contributed by atoms with Gasteiger partial charge in [0.2, 0.25) is 0 Å². The average Bonchev–Trinajstić information content (AvgIpc) is 3.12. The lowest BCUT2D eigenvalue weighted by Crippen LogP contribution is -2.40. The Morgan fingerprint density at radius 3 is 2.37 bits per heavy atom. The van der Waals surface area contributed by atoms with Gasteiger partial charge in [-0.15, -0.1) is 10.2 Å². The van der Waals surface area contributed by atoms with E-state index in [-0.39, 0.29) is 30.6 Å². The molecule has 4 rings (SSSR count). The fourth-order valence-electron chi connectivity index (χ4n) is 4.21. The van der Waals surface area contributed by atoms with Crippen LogP contribution in [0.15, 0.2) is 42.6 Å². The molecule has 3 aromatic rings. The third kappa shape index (κ3) is 3.93. The van der Waals surface area contributed by atoms with Crippen molar-refractivity contribution >= 4 is 5.65 Å². The number of halogens is 4. The van der Waals surface area contributed by atoms with Gasteiger partial charge in [-0.25, -0.2) is 4.39 Å². The minimum Gasteiger partial charge on any atom is -0.299 e. The van der Waals surface area contributed by atoms with Crippen molar-refractivity contribution in [2.75, 3.05) is 13.1 Å². The largest absolute Gasteiger partial charge is 0.420 e. The number of nitrogens with zero attached hydrogens (tertiary/aromatic N) is 4. The number of fused-ring (bicyclic) bond motifs is 1. The molecule has 160 valence electrons. The van der Waals surface area contributed by atoms with Crippen LogP contribution >= 0.6 is 0 Å². The summed E-state index contributed by atoms with van der Waals surface area (Å²) >= 11 is 0. The minimum absolute atomic E-state index is 0.103. The molecular formula is C22H24F4N4. The average molecular weight is 420 g/mol. The van der Waals surface area contributed by atoms with E-state index in [0.717, 1.165) is 6.42 Å². The van der Waals surface area contributed by atoms with E-state index in [1.165, 1.54) is 10.5 Å². The summed E-state index contributed by atoms with van der Waals surface area (Å²) in [4.78, 5) is 1.88. The van der Waals surface area contributed by atoms with Crippen LogP contribution in [0.5, 0.6) is 0 Å². The summed E-state index contributed by atoms with van der Waals surface area (Å²) in [6.07, 6.45) is -1.10. The van der Waals surface area contributed by atoms with E-state index in [4.69, 9.17) is 0 Å². The van der Waals surface area contributed by atoms with E-state index >= 15 is 4.39 Å². The van der Waals surface area contributed by atoms with Gasteiger partial charge in [0, 0.05) is 32.3 Å². The SMILES string of the molecule is CCCc1nnc2c(C(F)(F)F)c(CN3CCC(F)(c4ccccc4)CC3)ccn12. The second kappa shape index (κ2) is 7.98. The van der Waals surface area contributed by atoms with Crippen molar-refractivity contribution in [3.8, 4) is 0 Å². The number of aromatic nitrogens is 3. The lowest BCUT2D eigenvalue weighted by molar-refractivity contribution is -0.137. The van der Waals surface area contributed by atoms with Crippen LogP contribution in [0.25, 0.3) is 5.65 Å². The number of hydrogen-bond acceptors (Lipinski definition) is 3. The normalized spacial score (nSPS) is 17.5. The predicted octanol–water partition coefficient (Wildman–Crippen LogP) is 5.16. The predicted molar refractivity (Wildman–Crippen MR) is 106 cm³/mol. The van der Waals surface area contributed by atoms with Crippen molar-refractivity contribution in [3.05, 3.63) is 65.1 Å². The Balaban J connectivity index is 1.57. The summed E-state index contributed by atoms with van der Waals surface area (Å²) in [5, 5.41) is 7.78. The number of pyridine rings is 1. The lowest BCUT2D eigenvalue weighted by atomic mass is 9.86. The quantitative estimate of drug-likeness (QED) is 0.535. The molecule has 8 heteroatoms. The second-order valence-corrected chi connectivity index (χ2v) is 7.88. The Kier molecular flexibility index (Phi) is 5.53. The van der Waals surface area contributed by atoms with Crippen LogP contribution in [0.3, 0.4) is 0 Å². The zero-order valence-electron chi connectivity index (χ0n) is 16.8. The number of hydrogen-bond donors (Lipinski definition) is 0. The fourth-order valence-corrected chi connectivity index (χ4v) is 4.21. The molecule has 1 fully saturated rings. The highest BCUT2D eigenvalue weighted by molar-refractivity contribution is 5.53. The molecule has 1 aliphatic rings. The highest BCUT2D eigenvalue weighted by Crippen LogP contribution is 2.39. The first kappa shape index (κ1) is 20.8. The number of piperidine rings is 1. The van der Waals surface area contributed by atoms with Crippen molar-refractivity contribution in [2.24, 2.45) is 0 Å². The third-order valence-electron chi connectivity index (χ3n) is 5.83. The lowest BCUT2D eigenvalue weighted by Gasteiger charge is -2.37. The van der Waals surface area contributed by atoms with E-state index in [2.05, 4.69) is 10.2 Å². The van der Waals surface area contributed by atoms with Gasteiger partial charge < -0.3 is 0 Å². The first-order valence-corrected chi connectivity index (χ1v) is 10.2. The molecule has 0 saturated carbocycles. The van der Waals surface area contributed by atoms with Crippen LogP contribution in [0, 0.1) is 0 Å². The summed E-state index contributed by atoms with van der Waals surface area (Å²) in [5.74, 6) is 0.521. The molecule has 0 radical (unpaired) electrons. The molecule has 0 amide bonds. The Labute approximate surface area is 172 Å². The molecule has 3 heterocycles. The third-order valence-corrected chi connectivity index (χ3v) is 5.83. The van der Waals surface area contributed by atoms with Crippen LogP contribution in [0.2, 0.25) is 0 Å². The molecule has 2 aromatic heterocycles. The summed E-state index contributed by atoms with van der Waals surface area (Å²) < 4.78 is 58.5. The first-order chi connectivity index (χ1) is 14.3. The van der Waals surface area contributed by atoms with Crippen LogP contribution in [-0.4, -0.2) is 32.6 Å². The minimum atomic E-state index is -4.54. The zero-order chi connectivity index (χ0) is 21.4. The molecule has 0 atom stereocenters. The van der Waals surface area contributed by atoms with E-state index in [9.17, 15) is 13.2 Å². The van der Waals surface area contributed by atoms with Gasteiger partial charge in [-0.2, -0.15) is 13.2 Å². The standard InChI is InChI=1S/C22H24F4N4/c1-2-6-18-27-28-20-19(22(24,25)26)16(9-12-30(18)20)15-29-13-10-21(23,11-14-29)17-7-4-3-5-8-17/h3-5,7-9,12H,2,6,10-11,13-15H2,1H3. The van der Waals surface area contributed by atoms with Gasteiger partial charge >= 0.3 is 6.18 Å². The van der Waals surface area contributed by atoms with E-state index in [0.29, 0.717) is 30.9 Å². The molecule has 0 spiro atoms. The molecule has 0 N–H and O–H groups in total. The molecule has 0 unspecified atom stereocenters. The van der Waals surface area contributed by atoms with E-state index in [1.54, 1.807) is 30.5 Å². The molecular weight excluding hydrogens is 396 g/mol. The van der Waals surface area contributed by atoms with E-state index in [1.807, 2.05) is 17.9 Å². The van der Waals surface area contributed by atoms with Crippen molar-refractivity contribution in [2.45, 2.75) is 51.0 Å². The number of aryl methyl sites for hydroxylation is 1. The topological polar surface area (TPSA) is 33.4 Å². The molecule has 4 nitrogen and oxygen atoms in total. The Morgan fingerprint density at radius 2 is 1.73 bits per heavy atom. The summed E-state index contributed by atoms with van der Waals surface area (Å²) in [6.45, 7) is 2.83. The van der Waals surface area contributed by atoms with Gasteiger partial charge in [-0.1, -0.05) is 37.3 Å². The van der Waals surface area contributed by atoms with Crippen molar-refractivity contribution in [3.63, 3.8) is 0 Å². The Bertz CT molecular complexity index is 1010. The molecule has 1 aliphatic heterocycles.